The standard InChI is InChI=1S/C19H24N2O2/c1-12-8-13(2)18-15(9-12)10-16(19(23)20-18)11-21(14(3)22)17-6-4-5-7-17/h8-10,17H,4-7,11H2,1-3H3,(H,20,23). The zero-order valence-electron chi connectivity index (χ0n) is 14.1. The van der Waals surface area contributed by atoms with Crippen molar-refractivity contribution >= 4 is 16.8 Å². The predicted molar refractivity (Wildman–Crippen MR) is 92.5 cm³/mol. The summed E-state index contributed by atoms with van der Waals surface area (Å²) in [6.45, 7) is 6.06. The third-order valence-electron chi connectivity index (χ3n) is 4.88. The second-order valence-corrected chi connectivity index (χ2v) is 6.75. The number of hydrogen-bond donors (Lipinski definition) is 1. The average molecular weight is 312 g/mol. The summed E-state index contributed by atoms with van der Waals surface area (Å²) in [6, 6.07) is 6.37. The third-order valence-corrected chi connectivity index (χ3v) is 4.88. The Bertz CT molecular complexity index is 801. The number of rotatable bonds is 3. The second kappa shape index (κ2) is 6.19. The molecule has 1 N–H and O–H groups in total. The van der Waals surface area contributed by atoms with Crippen molar-refractivity contribution in [2.45, 2.75) is 59.0 Å². The summed E-state index contributed by atoms with van der Waals surface area (Å²) in [5, 5.41) is 1.03. The SMILES string of the molecule is CC(=O)N(Cc1cc2cc(C)cc(C)c2[nH]c1=O)C1CCCC1. The number of nitrogens with one attached hydrogen (secondary N) is 1. The fourth-order valence-corrected chi connectivity index (χ4v) is 3.75. The van der Waals surface area contributed by atoms with E-state index in [1.807, 2.05) is 17.9 Å². The fraction of sp³-hybridized carbons (Fsp3) is 0.474. The van der Waals surface area contributed by atoms with E-state index in [-0.39, 0.29) is 17.5 Å². The first kappa shape index (κ1) is 15.8. The van der Waals surface area contributed by atoms with Gasteiger partial charge in [0.05, 0.1) is 12.1 Å². The number of fused-ring (bicyclic) bond motifs is 1. The quantitative estimate of drug-likeness (QED) is 0.944. The Kier molecular flexibility index (Phi) is 4.24. The molecule has 0 unspecified atom stereocenters. The molecule has 0 atom stereocenters. The van der Waals surface area contributed by atoms with Crippen LogP contribution in [0.2, 0.25) is 0 Å². The molecule has 4 heteroatoms. The lowest BCUT2D eigenvalue weighted by Gasteiger charge is -2.27. The highest BCUT2D eigenvalue weighted by atomic mass is 16.2. The van der Waals surface area contributed by atoms with Crippen molar-refractivity contribution in [2.75, 3.05) is 0 Å². The fourth-order valence-electron chi connectivity index (χ4n) is 3.75. The number of hydrogen-bond acceptors (Lipinski definition) is 2. The van der Waals surface area contributed by atoms with Crippen LogP contribution in [0.5, 0.6) is 0 Å². The molecular weight excluding hydrogens is 288 g/mol. The molecule has 3 rings (SSSR count). The number of carbonyl (C=O) groups excluding carboxylic acids is 1. The minimum Gasteiger partial charge on any atom is -0.335 e. The topological polar surface area (TPSA) is 53.2 Å². The van der Waals surface area contributed by atoms with Crippen LogP contribution < -0.4 is 5.56 Å². The largest absolute Gasteiger partial charge is 0.335 e. The smallest absolute Gasteiger partial charge is 0.253 e. The summed E-state index contributed by atoms with van der Waals surface area (Å²) in [7, 11) is 0. The number of pyridine rings is 1. The zero-order valence-corrected chi connectivity index (χ0v) is 14.1. The van der Waals surface area contributed by atoms with E-state index in [0.717, 1.165) is 29.3 Å². The van der Waals surface area contributed by atoms with Gasteiger partial charge >= 0.3 is 0 Å². The van der Waals surface area contributed by atoms with Crippen molar-refractivity contribution in [3.63, 3.8) is 0 Å². The molecule has 0 saturated heterocycles. The summed E-state index contributed by atoms with van der Waals surface area (Å²) in [6.07, 6.45) is 4.42. The number of aryl methyl sites for hydroxylation is 2. The van der Waals surface area contributed by atoms with Crippen molar-refractivity contribution < 1.29 is 4.79 Å². The Morgan fingerprint density at radius 1 is 1.22 bits per heavy atom. The van der Waals surface area contributed by atoms with Gasteiger partial charge in [-0.3, -0.25) is 9.59 Å². The maximum absolute atomic E-state index is 12.4. The van der Waals surface area contributed by atoms with Gasteiger partial charge in [0, 0.05) is 18.5 Å². The van der Waals surface area contributed by atoms with Crippen LogP contribution in [0.1, 0.15) is 49.3 Å². The van der Waals surface area contributed by atoms with Crippen molar-refractivity contribution in [3.8, 4) is 0 Å². The summed E-state index contributed by atoms with van der Waals surface area (Å²) in [4.78, 5) is 29.3. The highest BCUT2D eigenvalue weighted by Crippen LogP contribution is 2.25. The van der Waals surface area contributed by atoms with Crippen LogP contribution in [-0.2, 0) is 11.3 Å². The van der Waals surface area contributed by atoms with Crippen LogP contribution in [-0.4, -0.2) is 21.8 Å². The summed E-state index contributed by atoms with van der Waals surface area (Å²) >= 11 is 0. The van der Waals surface area contributed by atoms with Gasteiger partial charge < -0.3 is 9.88 Å². The molecule has 1 aromatic heterocycles. The number of aromatic nitrogens is 1. The van der Waals surface area contributed by atoms with Crippen LogP contribution in [0.25, 0.3) is 10.9 Å². The average Bonchev–Trinajstić information content (AvgIpc) is 2.99. The van der Waals surface area contributed by atoms with E-state index in [1.54, 1.807) is 6.92 Å². The Hall–Kier alpha value is -2.10. The first-order valence-electron chi connectivity index (χ1n) is 8.36. The molecule has 1 aliphatic carbocycles. The molecule has 1 amide bonds. The van der Waals surface area contributed by atoms with Crippen LogP contribution in [0.15, 0.2) is 23.0 Å². The van der Waals surface area contributed by atoms with E-state index in [4.69, 9.17) is 0 Å². The second-order valence-electron chi connectivity index (χ2n) is 6.75. The van der Waals surface area contributed by atoms with Crippen LogP contribution in [0.4, 0.5) is 0 Å². The molecule has 2 aromatic rings. The molecule has 1 fully saturated rings. The highest BCUT2D eigenvalue weighted by Gasteiger charge is 2.25. The summed E-state index contributed by atoms with van der Waals surface area (Å²) in [5.74, 6) is 0.0526. The van der Waals surface area contributed by atoms with E-state index < -0.39 is 0 Å². The molecule has 23 heavy (non-hydrogen) atoms. The van der Waals surface area contributed by atoms with Crippen molar-refractivity contribution in [3.05, 3.63) is 45.2 Å². The number of nitrogens with zero attached hydrogens (tertiary/aromatic N) is 1. The van der Waals surface area contributed by atoms with Crippen LogP contribution >= 0.6 is 0 Å². The van der Waals surface area contributed by atoms with E-state index in [1.165, 1.54) is 18.4 Å². The zero-order chi connectivity index (χ0) is 16.6. The number of benzene rings is 1. The molecule has 1 saturated carbocycles. The molecule has 0 bridgehead atoms. The highest BCUT2D eigenvalue weighted by molar-refractivity contribution is 5.83. The maximum Gasteiger partial charge on any atom is 0.253 e. The summed E-state index contributed by atoms with van der Waals surface area (Å²) < 4.78 is 0. The molecular formula is C19H24N2O2. The van der Waals surface area contributed by atoms with Crippen LogP contribution in [0.3, 0.4) is 0 Å². The molecule has 0 radical (unpaired) electrons. The molecule has 1 aromatic carbocycles. The van der Waals surface area contributed by atoms with Crippen LogP contribution in [0, 0.1) is 13.8 Å². The molecule has 1 heterocycles. The summed E-state index contributed by atoms with van der Waals surface area (Å²) in [5.41, 5.74) is 3.72. The minimum atomic E-state index is -0.0892. The number of aromatic amines is 1. The number of carbonyl (C=O) groups is 1. The van der Waals surface area contributed by atoms with Crippen molar-refractivity contribution in [1.82, 2.24) is 9.88 Å². The van der Waals surface area contributed by atoms with Gasteiger partial charge in [-0.05, 0) is 49.8 Å². The lowest BCUT2D eigenvalue weighted by molar-refractivity contribution is -0.131. The Morgan fingerprint density at radius 3 is 2.57 bits per heavy atom. The lowest BCUT2D eigenvalue weighted by Crippen LogP contribution is -2.38. The Labute approximate surface area is 136 Å². The number of H-pyrrole nitrogens is 1. The first-order valence-corrected chi connectivity index (χ1v) is 8.36. The lowest BCUT2D eigenvalue weighted by atomic mass is 10.0. The van der Waals surface area contributed by atoms with E-state index >= 15 is 0 Å². The van der Waals surface area contributed by atoms with Gasteiger partial charge in [-0.1, -0.05) is 24.5 Å². The van der Waals surface area contributed by atoms with Gasteiger partial charge in [-0.15, -0.1) is 0 Å². The predicted octanol–water partition coefficient (Wildman–Crippen LogP) is 3.44. The monoisotopic (exact) mass is 312 g/mol. The first-order chi connectivity index (χ1) is 11.0. The molecule has 0 aliphatic heterocycles. The van der Waals surface area contributed by atoms with Crippen molar-refractivity contribution in [2.24, 2.45) is 0 Å². The third kappa shape index (κ3) is 3.16. The Balaban J connectivity index is 2.00. The van der Waals surface area contributed by atoms with E-state index in [2.05, 4.69) is 24.0 Å². The van der Waals surface area contributed by atoms with E-state index in [9.17, 15) is 9.59 Å². The minimum absolute atomic E-state index is 0.0526. The normalized spacial score (nSPS) is 15.3. The number of amides is 1. The Morgan fingerprint density at radius 2 is 1.91 bits per heavy atom. The van der Waals surface area contributed by atoms with Gasteiger partial charge in [0.1, 0.15) is 0 Å². The molecule has 0 spiro atoms. The van der Waals surface area contributed by atoms with Gasteiger partial charge in [-0.2, -0.15) is 0 Å². The molecule has 122 valence electrons. The maximum atomic E-state index is 12.4. The van der Waals surface area contributed by atoms with Gasteiger partial charge in [0.2, 0.25) is 5.91 Å². The van der Waals surface area contributed by atoms with Crippen molar-refractivity contribution in [1.29, 1.82) is 0 Å². The molecule has 1 aliphatic rings. The molecule has 4 nitrogen and oxygen atoms in total. The van der Waals surface area contributed by atoms with E-state index in [0.29, 0.717) is 12.1 Å². The van der Waals surface area contributed by atoms with Gasteiger partial charge in [-0.25, -0.2) is 0 Å². The van der Waals surface area contributed by atoms with Gasteiger partial charge in [0.15, 0.2) is 0 Å². The van der Waals surface area contributed by atoms with Gasteiger partial charge in [0.25, 0.3) is 5.56 Å².